The van der Waals surface area contributed by atoms with Crippen molar-refractivity contribution in [2.45, 2.75) is 19.4 Å². The number of rotatable bonds is 3. The first-order valence-corrected chi connectivity index (χ1v) is 6.40. The molecule has 1 unspecified atom stereocenters. The lowest BCUT2D eigenvalue weighted by Crippen LogP contribution is -2.45. The molecule has 0 bridgehead atoms. The zero-order valence-corrected chi connectivity index (χ0v) is 10.5. The monoisotopic (exact) mass is 238 g/mol. The number of piperazine rings is 1. The summed E-state index contributed by atoms with van der Waals surface area (Å²) in [6.07, 6.45) is 1.11. The maximum absolute atomic E-state index is 6.27. The first-order chi connectivity index (χ1) is 7.83. The van der Waals surface area contributed by atoms with Gasteiger partial charge >= 0.3 is 0 Å². The minimum absolute atomic E-state index is 0.468. The molecule has 88 valence electrons. The third kappa shape index (κ3) is 2.57. The smallest absolute Gasteiger partial charge is 0.0453 e. The minimum Gasteiger partial charge on any atom is -0.314 e. The average Bonchev–Trinajstić information content (AvgIpc) is 2.34. The molecular weight excluding hydrogens is 220 g/mol. The van der Waals surface area contributed by atoms with Crippen LogP contribution in [0.3, 0.4) is 0 Å². The van der Waals surface area contributed by atoms with Crippen LogP contribution in [0.1, 0.15) is 24.9 Å². The maximum Gasteiger partial charge on any atom is 0.0453 e. The summed E-state index contributed by atoms with van der Waals surface area (Å²) in [5.74, 6) is 0. The van der Waals surface area contributed by atoms with Gasteiger partial charge in [-0.05, 0) is 18.1 Å². The molecule has 0 saturated carbocycles. The van der Waals surface area contributed by atoms with Gasteiger partial charge in [0.05, 0.1) is 0 Å². The zero-order chi connectivity index (χ0) is 11.4. The van der Waals surface area contributed by atoms with E-state index in [0.29, 0.717) is 6.04 Å². The van der Waals surface area contributed by atoms with Gasteiger partial charge in [-0.1, -0.05) is 36.7 Å². The summed E-state index contributed by atoms with van der Waals surface area (Å²) < 4.78 is 0. The van der Waals surface area contributed by atoms with Crippen molar-refractivity contribution < 1.29 is 0 Å². The molecule has 0 amide bonds. The molecule has 0 radical (unpaired) electrons. The van der Waals surface area contributed by atoms with E-state index < -0.39 is 0 Å². The highest BCUT2D eigenvalue weighted by molar-refractivity contribution is 6.31. The fraction of sp³-hybridized carbons (Fsp3) is 0.538. The van der Waals surface area contributed by atoms with E-state index in [1.54, 1.807) is 0 Å². The molecule has 1 atom stereocenters. The number of nitrogens with one attached hydrogen (secondary N) is 1. The van der Waals surface area contributed by atoms with Crippen molar-refractivity contribution in [3.63, 3.8) is 0 Å². The van der Waals surface area contributed by atoms with E-state index in [1.165, 1.54) is 5.56 Å². The Morgan fingerprint density at radius 3 is 2.62 bits per heavy atom. The van der Waals surface area contributed by atoms with E-state index in [2.05, 4.69) is 29.3 Å². The van der Waals surface area contributed by atoms with Crippen LogP contribution in [-0.4, -0.2) is 31.1 Å². The molecule has 0 aromatic heterocycles. The zero-order valence-electron chi connectivity index (χ0n) is 9.75. The number of nitrogens with zero attached hydrogens (tertiary/aromatic N) is 1. The number of halogens is 1. The molecule has 1 saturated heterocycles. The quantitative estimate of drug-likeness (QED) is 0.871. The molecule has 1 aliphatic heterocycles. The number of hydrogen-bond acceptors (Lipinski definition) is 2. The second-order valence-corrected chi connectivity index (χ2v) is 4.64. The first-order valence-electron chi connectivity index (χ1n) is 6.02. The highest BCUT2D eigenvalue weighted by Gasteiger charge is 2.21. The highest BCUT2D eigenvalue weighted by atomic mass is 35.5. The summed E-state index contributed by atoms with van der Waals surface area (Å²) in [6.45, 7) is 6.63. The normalized spacial score (nSPS) is 19.6. The van der Waals surface area contributed by atoms with E-state index in [0.717, 1.165) is 37.6 Å². The average molecular weight is 239 g/mol. The minimum atomic E-state index is 0.468. The van der Waals surface area contributed by atoms with E-state index >= 15 is 0 Å². The Morgan fingerprint density at radius 1 is 1.31 bits per heavy atom. The second kappa shape index (κ2) is 5.67. The third-order valence-electron chi connectivity index (χ3n) is 3.24. The van der Waals surface area contributed by atoms with Gasteiger partial charge in [0.2, 0.25) is 0 Å². The van der Waals surface area contributed by atoms with E-state index in [4.69, 9.17) is 11.6 Å². The van der Waals surface area contributed by atoms with Crippen molar-refractivity contribution in [2.24, 2.45) is 0 Å². The van der Waals surface area contributed by atoms with Gasteiger partial charge in [-0.2, -0.15) is 0 Å². The Labute approximate surface area is 103 Å². The fourth-order valence-electron chi connectivity index (χ4n) is 2.41. The Kier molecular flexibility index (Phi) is 4.22. The molecule has 1 N–H and O–H groups in total. The van der Waals surface area contributed by atoms with Gasteiger partial charge in [-0.15, -0.1) is 0 Å². The number of benzene rings is 1. The van der Waals surface area contributed by atoms with Crippen LogP contribution in [-0.2, 0) is 0 Å². The van der Waals surface area contributed by atoms with Crippen molar-refractivity contribution in [3.8, 4) is 0 Å². The van der Waals surface area contributed by atoms with Gasteiger partial charge in [0.15, 0.2) is 0 Å². The van der Waals surface area contributed by atoms with E-state index in [-0.39, 0.29) is 0 Å². The van der Waals surface area contributed by atoms with Crippen LogP contribution in [0.5, 0.6) is 0 Å². The summed E-state index contributed by atoms with van der Waals surface area (Å²) in [7, 11) is 0. The summed E-state index contributed by atoms with van der Waals surface area (Å²) in [5.41, 5.74) is 1.27. The van der Waals surface area contributed by atoms with Gasteiger partial charge in [0.25, 0.3) is 0 Å². The largest absolute Gasteiger partial charge is 0.314 e. The molecule has 16 heavy (non-hydrogen) atoms. The van der Waals surface area contributed by atoms with Crippen LogP contribution < -0.4 is 5.32 Å². The lowest BCUT2D eigenvalue weighted by atomic mass is 10.0. The van der Waals surface area contributed by atoms with Crippen molar-refractivity contribution in [1.29, 1.82) is 0 Å². The molecule has 1 aromatic carbocycles. The molecule has 3 heteroatoms. The summed E-state index contributed by atoms with van der Waals surface area (Å²) >= 11 is 6.27. The second-order valence-electron chi connectivity index (χ2n) is 4.23. The van der Waals surface area contributed by atoms with Crippen molar-refractivity contribution >= 4 is 11.6 Å². The highest BCUT2D eigenvalue weighted by Crippen LogP contribution is 2.29. The summed E-state index contributed by atoms with van der Waals surface area (Å²) in [6, 6.07) is 8.68. The van der Waals surface area contributed by atoms with Gasteiger partial charge < -0.3 is 5.32 Å². The predicted octanol–water partition coefficient (Wildman–Crippen LogP) is 2.70. The molecule has 1 aliphatic rings. The van der Waals surface area contributed by atoms with Crippen molar-refractivity contribution in [3.05, 3.63) is 34.9 Å². The molecular formula is C13H19ClN2. The van der Waals surface area contributed by atoms with E-state index in [9.17, 15) is 0 Å². The molecule has 0 aliphatic carbocycles. The van der Waals surface area contributed by atoms with Gasteiger partial charge in [-0.25, -0.2) is 0 Å². The molecule has 1 heterocycles. The number of hydrogen-bond donors (Lipinski definition) is 1. The predicted molar refractivity (Wildman–Crippen MR) is 68.9 cm³/mol. The van der Waals surface area contributed by atoms with E-state index in [1.807, 2.05) is 12.1 Å². The Hall–Kier alpha value is -0.570. The Bertz CT molecular complexity index is 334. The first kappa shape index (κ1) is 11.9. The van der Waals surface area contributed by atoms with Gasteiger partial charge in [0, 0.05) is 37.2 Å². The Morgan fingerprint density at radius 2 is 2.00 bits per heavy atom. The van der Waals surface area contributed by atoms with Crippen LogP contribution in [0.2, 0.25) is 5.02 Å². The summed E-state index contributed by atoms with van der Waals surface area (Å²) in [4.78, 5) is 2.53. The molecule has 1 fully saturated rings. The SMILES string of the molecule is CCC(c1ccccc1Cl)N1CCNCC1. The third-order valence-corrected chi connectivity index (χ3v) is 3.59. The van der Waals surface area contributed by atoms with Gasteiger partial charge in [0.1, 0.15) is 0 Å². The molecule has 1 aromatic rings. The topological polar surface area (TPSA) is 15.3 Å². The molecule has 0 spiro atoms. The lowest BCUT2D eigenvalue weighted by Gasteiger charge is -2.35. The maximum atomic E-state index is 6.27. The Balaban J connectivity index is 2.18. The molecule has 2 nitrogen and oxygen atoms in total. The standard InChI is InChI=1S/C13H19ClN2/c1-2-13(16-9-7-15-8-10-16)11-5-3-4-6-12(11)14/h3-6,13,15H,2,7-10H2,1H3. The van der Waals surface area contributed by atoms with Crippen LogP contribution in [0.25, 0.3) is 0 Å². The van der Waals surface area contributed by atoms with Crippen molar-refractivity contribution in [2.75, 3.05) is 26.2 Å². The van der Waals surface area contributed by atoms with Crippen LogP contribution in [0.4, 0.5) is 0 Å². The van der Waals surface area contributed by atoms with Crippen LogP contribution in [0.15, 0.2) is 24.3 Å². The van der Waals surface area contributed by atoms with Gasteiger partial charge in [-0.3, -0.25) is 4.90 Å². The summed E-state index contributed by atoms with van der Waals surface area (Å²) in [5, 5.41) is 4.28. The molecule has 2 rings (SSSR count). The van der Waals surface area contributed by atoms with Crippen LogP contribution >= 0.6 is 11.6 Å². The lowest BCUT2D eigenvalue weighted by molar-refractivity contribution is 0.169. The van der Waals surface area contributed by atoms with Crippen molar-refractivity contribution in [1.82, 2.24) is 10.2 Å². The fourth-order valence-corrected chi connectivity index (χ4v) is 2.68. The van der Waals surface area contributed by atoms with Crippen LogP contribution in [0, 0.1) is 0 Å².